The number of rotatable bonds is 7. The van der Waals surface area contributed by atoms with E-state index in [9.17, 15) is 14.0 Å². The van der Waals surface area contributed by atoms with Crippen LogP contribution >= 0.6 is 11.8 Å². The first-order valence-electron chi connectivity index (χ1n) is 9.78. The van der Waals surface area contributed by atoms with Crippen molar-refractivity contribution in [3.05, 3.63) is 35.9 Å². The van der Waals surface area contributed by atoms with Crippen LogP contribution in [0, 0.1) is 11.7 Å². The van der Waals surface area contributed by atoms with Gasteiger partial charge in [0.15, 0.2) is 5.16 Å². The highest BCUT2D eigenvalue weighted by Gasteiger charge is 2.23. The Balaban J connectivity index is 1.49. The minimum absolute atomic E-state index is 0.00708. The molecule has 0 spiro atoms. The molecule has 1 heterocycles. The fourth-order valence-electron chi connectivity index (χ4n) is 3.42. The fourth-order valence-corrected chi connectivity index (χ4v) is 4.16. The van der Waals surface area contributed by atoms with Crippen molar-refractivity contribution in [2.24, 2.45) is 13.0 Å². The summed E-state index contributed by atoms with van der Waals surface area (Å²) < 4.78 is 14.7. The number of anilines is 1. The van der Waals surface area contributed by atoms with E-state index in [1.165, 1.54) is 42.4 Å². The number of carbonyl (C=O) groups excluding carboxylic acids is 2. The van der Waals surface area contributed by atoms with E-state index < -0.39 is 0 Å². The van der Waals surface area contributed by atoms with Gasteiger partial charge in [0.25, 0.3) is 0 Å². The lowest BCUT2D eigenvalue weighted by Crippen LogP contribution is -2.41. The number of benzene rings is 1. The van der Waals surface area contributed by atoms with E-state index in [2.05, 4.69) is 27.8 Å². The lowest BCUT2D eigenvalue weighted by Gasteiger charge is -2.29. The van der Waals surface area contributed by atoms with Crippen LogP contribution < -0.4 is 10.6 Å². The van der Waals surface area contributed by atoms with Gasteiger partial charge in [0.05, 0.1) is 12.2 Å². The first-order valence-corrected chi connectivity index (χ1v) is 10.8. The Morgan fingerprint density at radius 1 is 1.17 bits per heavy atom. The Morgan fingerprint density at radius 3 is 2.62 bits per heavy atom. The van der Waals surface area contributed by atoms with Gasteiger partial charge in [-0.05, 0) is 43.0 Å². The monoisotopic (exact) mass is 419 g/mol. The zero-order chi connectivity index (χ0) is 20.8. The molecule has 1 aromatic carbocycles. The van der Waals surface area contributed by atoms with Crippen LogP contribution in [-0.2, 0) is 23.1 Å². The van der Waals surface area contributed by atoms with E-state index in [4.69, 9.17) is 0 Å². The maximum atomic E-state index is 12.9. The van der Waals surface area contributed by atoms with Crippen molar-refractivity contribution in [1.29, 1.82) is 0 Å². The lowest BCUT2D eigenvalue weighted by molar-refractivity contribution is -0.120. The second-order valence-corrected chi connectivity index (χ2v) is 8.36. The minimum Gasteiger partial charge on any atom is -0.352 e. The molecule has 1 aliphatic rings. The summed E-state index contributed by atoms with van der Waals surface area (Å²) in [6, 6.07) is 5.81. The highest BCUT2D eigenvalue weighted by Crippen LogP contribution is 2.24. The second-order valence-electron chi connectivity index (χ2n) is 7.41. The third-order valence-corrected chi connectivity index (χ3v) is 6.18. The van der Waals surface area contributed by atoms with Crippen molar-refractivity contribution in [1.82, 2.24) is 20.1 Å². The quantitative estimate of drug-likeness (QED) is 0.674. The molecule has 7 nitrogen and oxygen atoms in total. The Labute approximate surface area is 173 Å². The van der Waals surface area contributed by atoms with E-state index in [1.54, 1.807) is 11.6 Å². The fraction of sp³-hybridized carbons (Fsp3) is 0.500. The first-order chi connectivity index (χ1) is 13.9. The number of nitrogens with zero attached hydrogens (tertiary/aromatic N) is 3. The Kier molecular flexibility index (Phi) is 7.24. The zero-order valence-corrected chi connectivity index (χ0v) is 17.5. The van der Waals surface area contributed by atoms with Crippen LogP contribution in [0.2, 0.25) is 0 Å². The molecule has 1 saturated carbocycles. The largest absolute Gasteiger partial charge is 0.352 e. The zero-order valence-electron chi connectivity index (χ0n) is 16.7. The molecule has 3 rings (SSSR count). The first kappa shape index (κ1) is 21.3. The highest BCUT2D eigenvalue weighted by atomic mass is 32.2. The molecule has 2 amide bonds. The van der Waals surface area contributed by atoms with Gasteiger partial charge < -0.3 is 15.2 Å². The van der Waals surface area contributed by atoms with Crippen LogP contribution in [0.5, 0.6) is 0 Å². The molecule has 156 valence electrons. The average Bonchev–Trinajstić information content (AvgIpc) is 3.03. The van der Waals surface area contributed by atoms with E-state index in [1.807, 2.05) is 0 Å². The molecule has 2 atom stereocenters. The lowest BCUT2D eigenvalue weighted by atomic mass is 9.86. The van der Waals surface area contributed by atoms with E-state index in [0.717, 1.165) is 19.3 Å². The maximum absolute atomic E-state index is 12.9. The molecule has 0 radical (unpaired) electrons. The highest BCUT2D eigenvalue weighted by molar-refractivity contribution is 7.99. The predicted molar refractivity (Wildman–Crippen MR) is 110 cm³/mol. The van der Waals surface area contributed by atoms with Gasteiger partial charge in [-0.3, -0.25) is 9.59 Å². The summed E-state index contributed by atoms with van der Waals surface area (Å²) in [5, 5.41) is 14.5. The molecule has 0 unspecified atom stereocenters. The normalized spacial score (nSPS) is 19.0. The smallest absolute Gasteiger partial charge is 0.232 e. The minimum atomic E-state index is -0.361. The summed E-state index contributed by atoms with van der Waals surface area (Å²) in [4.78, 5) is 24.5. The molecular formula is C20H26FN5O2S. The molecule has 0 aliphatic heterocycles. The number of hydrogen-bond donors (Lipinski definition) is 2. The summed E-state index contributed by atoms with van der Waals surface area (Å²) in [6.07, 6.45) is 4.63. The molecule has 9 heteroatoms. The van der Waals surface area contributed by atoms with Gasteiger partial charge in [-0.15, -0.1) is 10.2 Å². The van der Waals surface area contributed by atoms with Gasteiger partial charge in [-0.1, -0.05) is 31.5 Å². The summed E-state index contributed by atoms with van der Waals surface area (Å²) >= 11 is 1.30. The maximum Gasteiger partial charge on any atom is 0.232 e. The standard InChI is InChI=1S/C20H26FN5O2S/c1-13-5-3-4-6-16(13)23-19(28)12-29-20-25-24-17(26(20)2)11-18(27)22-15-9-7-14(21)8-10-15/h7-10,13,16H,3-6,11-12H2,1-2H3,(H,22,27)(H,23,28)/t13-,16+/m1/s1. The summed E-state index contributed by atoms with van der Waals surface area (Å²) in [5.74, 6) is 0.629. The SMILES string of the molecule is C[C@@H]1CCCC[C@@H]1NC(=O)CSc1nnc(CC(=O)Nc2ccc(F)cc2)n1C. The van der Waals surface area contributed by atoms with Crippen molar-refractivity contribution in [2.45, 2.75) is 50.2 Å². The van der Waals surface area contributed by atoms with Gasteiger partial charge in [0.1, 0.15) is 11.6 Å². The van der Waals surface area contributed by atoms with Gasteiger partial charge >= 0.3 is 0 Å². The third kappa shape index (κ3) is 6.03. The summed E-state index contributed by atoms with van der Waals surface area (Å²) in [7, 11) is 1.77. The number of hydrogen-bond acceptors (Lipinski definition) is 5. The number of carbonyl (C=O) groups is 2. The van der Waals surface area contributed by atoms with Crippen molar-refractivity contribution in [3.8, 4) is 0 Å². The molecule has 2 aromatic rings. The van der Waals surface area contributed by atoms with E-state index in [-0.39, 0.29) is 35.8 Å². The molecule has 1 aromatic heterocycles. The summed E-state index contributed by atoms with van der Waals surface area (Å²) in [6.45, 7) is 2.18. The third-order valence-electron chi connectivity index (χ3n) is 5.16. The average molecular weight is 420 g/mol. The van der Waals surface area contributed by atoms with Crippen LogP contribution in [-0.4, -0.2) is 38.4 Å². The molecule has 1 aliphatic carbocycles. The van der Waals surface area contributed by atoms with Crippen molar-refractivity contribution in [2.75, 3.05) is 11.1 Å². The Hall–Kier alpha value is -2.42. The van der Waals surface area contributed by atoms with Gasteiger partial charge in [0.2, 0.25) is 11.8 Å². The molecule has 0 saturated heterocycles. The van der Waals surface area contributed by atoms with Crippen LogP contribution in [0.1, 0.15) is 38.4 Å². The molecular weight excluding hydrogens is 393 g/mol. The molecule has 2 N–H and O–H groups in total. The van der Waals surface area contributed by atoms with Crippen molar-refractivity contribution in [3.63, 3.8) is 0 Å². The van der Waals surface area contributed by atoms with Crippen molar-refractivity contribution >= 4 is 29.3 Å². The number of thioether (sulfide) groups is 1. The number of amides is 2. The predicted octanol–water partition coefficient (Wildman–Crippen LogP) is 2.92. The van der Waals surface area contributed by atoms with E-state index in [0.29, 0.717) is 22.6 Å². The Bertz CT molecular complexity index is 855. The van der Waals surface area contributed by atoms with Crippen LogP contribution in [0.15, 0.2) is 29.4 Å². The molecule has 1 fully saturated rings. The van der Waals surface area contributed by atoms with Gasteiger partial charge in [0, 0.05) is 18.8 Å². The summed E-state index contributed by atoms with van der Waals surface area (Å²) in [5.41, 5.74) is 0.516. The topological polar surface area (TPSA) is 88.9 Å². The number of halogens is 1. The number of nitrogens with one attached hydrogen (secondary N) is 2. The van der Waals surface area contributed by atoms with E-state index >= 15 is 0 Å². The van der Waals surface area contributed by atoms with Crippen LogP contribution in [0.25, 0.3) is 0 Å². The second kappa shape index (κ2) is 9.87. The van der Waals surface area contributed by atoms with Crippen LogP contribution in [0.4, 0.5) is 10.1 Å². The van der Waals surface area contributed by atoms with Gasteiger partial charge in [-0.2, -0.15) is 0 Å². The number of aromatic nitrogens is 3. The van der Waals surface area contributed by atoms with Gasteiger partial charge in [-0.25, -0.2) is 4.39 Å². The van der Waals surface area contributed by atoms with Crippen molar-refractivity contribution < 1.29 is 14.0 Å². The van der Waals surface area contributed by atoms with Crippen LogP contribution in [0.3, 0.4) is 0 Å². The molecule has 29 heavy (non-hydrogen) atoms. The molecule has 0 bridgehead atoms. The Morgan fingerprint density at radius 2 is 1.90 bits per heavy atom.